The lowest BCUT2D eigenvalue weighted by Crippen LogP contribution is -2.65. The summed E-state index contributed by atoms with van der Waals surface area (Å²) in [6.07, 6.45) is -3.32. The Morgan fingerprint density at radius 1 is 0.536 bits per heavy atom. The summed E-state index contributed by atoms with van der Waals surface area (Å²) in [5.74, 6) is -0.320. The van der Waals surface area contributed by atoms with Crippen molar-refractivity contribution in [3.8, 4) is 0 Å². The molecule has 0 spiro atoms. The molecule has 41 nitrogen and oxygen atoms in total. The first-order valence-electron chi connectivity index (χ1n) is 37.3. The lowest BCUT2D eigenvalue weighted by Gasteiger charge is -2.41. The number of aliphatic hydroxyl groups is 6. The summed E-state index contributed by atoms with van der Waals surface area (Å²) < 4.78 is 130. The van der Waals surface area contributed by atoms with Gasteiger partial charge in [-0.1, -0.05) is 40.8 Å². The van der Waals surface area contributed by atoms with Gasteiger partial charge in [0.1, 0.15) is 69.9 Å². The van der Waals surface area contributed by atoms with E-state index in [0.29, 0.717) is 156 Å². The first-order valence-corrected chi connectivity index (χ1v) is 37.3. The summed E-state index contributed by atoms with van der Waals surface area (Å²) in [7, 11) is 0. The van der Waals surface area contributed by atoms with Crippen LogP contribution < -0.4 is 22.1 Å². The molecule has 6 aliphatic heterocycles. The van der Waals surface area contributed by atoms with Crippen molar-refractivity contribution in [2.45, 2.75) is 142 Å². The van der Waals surface area contributed by atoms with Gasteiger partial charge < -0.3 is 157 Å². The van der Waals surface area contributed by atoms with E-state index in [-0.39, 0.29) is 137 Å². The maximum Gasteiger partial charge on any atom is 0.220 e. The molecule has 6 bridgehead atoms. The average molecular weight is 1580 g/mol. The van der Waals surface area contributed by atoms with Gasteiger partial charge in [-0.2, -0.15) is 5.11 Å². The van der Waals surface area contributed by atoms with Crippen molar-refractivity contribution < 1.29 is 140 Å². The van der Waals surface area contributed by atoms with E-state index >= 15 is 0 Å². The quantitative estimate of drug-likeness (QED) is 0.0188. The van der Waals surface area contributed by atoms with Crippen LogP contribution >= 0.6 is 0 Å². The maximum absolute atomic E-state index is 14.0. The maximum atomic E-state index is 14.0. The number of ether oxygens (including phenoxy) is 22. The fourth-order valence-corrected chi connectivity index (χ4v) is 12.3. The third-order valence-electron chi connectivity index (χ3n) is 18.4. The number of benzene rings is 1. The minimum Gasteiger partial charge on any atom is -0.390 e. The van der Waals surface area contributed by atoms with Gasteiger partial charge in [0.2, 0.25) is 5.91 Å². The predicted molar refractivity (Wildman–Crippen MR) is 375 cm³/mol. The number of nitrogens with two attached hydrogens (primary N) is 2. The second-order valence-electron chi connectivity index (χ2n) is 27.2. The Morgan fingerprint density at radius 2 is 0.973 bits per heavy atom. The zero-order chi connectivity index (χ0) is 77.5. The Labute approximate surface area is 637 Å². The van der Waals surface area contributed by atoms with Crippen molar-refractivity contribution in [3.05, 3.63) is 71.6 Å². The Bertz CT molecular complexity index is 3050. The number of hydrogen-bond donors (Lipinski definition) is 11. The summed E-state index contributed by atoms with van der Waals surface area (Å²) in [4.78, 5) is 14.0. The van der Waals surface area contributed by atoms with Crippen LogP contribution in [0.2, 0.25) is 0 Å². The molecule has 6 aliphatic rings. The van der Waals surface area contributed by atoms with Crippen LogP contribution in [0, 0.1) is 5.53 Å². The Hall–Kier alpha value is -5.09. The van der Waals surface area contributed by atoms with Gasteiger partial charge in [0.15, 0.2) is 18.9 Å². The van der Waals surface area contributed by atoms with E-state index in [1.54, 1.807) is 28.0 Å². The minimum atomic E-state index is -1.32. The SMILES string of the molecule is N=N/C(=C\NCCOCCOCCOCCOC[C@@]12CO[C@H](O1)[C@H](N)[C@@H](O)[C@H]2O)COCC(COCc1cn(CCOCCOCCOCCOC[C@@]23CO[C@@H](O2)[C@H](N)[C@@H](O)[C@H]3O)nn1)(COCc1cn(CCOCCOCCOCCOC[C@]23CO[C@H](C[C@@H](O)[C@H]2O)O3)nn1)NC(=O)CCCOCc1ccccc1. The van der Waals surface area contributed by atoms with Crippen LogP contribution in [-0.4, -0.2) is 374 Å². The fourth-order valence-electron chi connectivity index (χ4n) is 12.3. The Balaban J connectivity index is 0.685. The van der Waals surface area contributed by atoms with E-state index in [4.69, 9.17) is 121 Å². The number of hydrogen-bond acceptors (Lipinski definition) is 38. The highest BCUT2D eigenvalue weighted by Crippen LogP contribution is 2.39. The van der Waals surface area contributed by atoms with Crippen molar-refractivity contribution >= 4 is 5.91 Å². The molecule has 624 valence electrons. The van der Waals surface area contributed by atoms with Gasteiger partial charge in [-0.25, -0.2) is 14.9 Å². The Morgan fingerprint density at radius 3 is 1.45 bits per heavy atom. The predicted octanol–water partition coefficient (Wildman–Crippen LogP) is -4.28. The molecule has 110 heavy (non-hydrogen) atoms. The topological polar surface area (TPSA) is 515 Å². The largest absolute Gasteiger partial charge is 0.390 e. The number of amides is 1. The molecular formula is C69H114N12O29. The highest BCUT2D eigenvalue weighted by molar-refractivity contribution is 5.76. The lowest BCUT2D eigenvalue weighted by molar-refractivity contribution is -0.233. The van der Waals surface area contributed by atoms with Gasteiger partial charge in [0.05, 0.1) is 268 Å². The van der Waals surface area contributed by atoms with Crippen LogP contribution in [0.5, 0.6) is 0 Å². The lowest BCUT2D eigenvalue weighted by atomic mass is 9.89. The van der Waals surface area contributed by atoms with Gasteiger partial charge in [-0.05, 0) is 12.0 Å². The van der Waals surface area contributed by atoms with Gasteiger partial charge in [-0.3, -0.25) is 4.79 Å². The first-order chi connectivity index (χ1) is 53.6. The third-order valence-corrected chi connectivity index (χ3v) is 18.4. The highest BCUT2D eigenvalue weighted by atomic mass is 16.8. The molecule has 2 aromatic heterocycles. The number of aliphatic hydroxyl groups excluding tert-OH is 6. The summed E-state index contributed by atoms with van der Waals surface area (Å²) in [6.45, 7) is 8.03. The molecule has 41 heteroatoms. The van der Waals surface area contributed by atoms with Crippen LogP contribution in [0.1, 0.15) is 36.2 Å². The number of nitrogens with zero attached hydrogens (tertiary/aromatic N) is 7. The molecule has 13 N–H and O–H groups in total. The van der Waals surface area contributed by atoms with Gasteiger partial charge in [0, 0.05) is 32.2 Å². The van der Waals surface area contributed by atoms with Crippen LogP contribution in [0.3, 0.4) is 0 Å². The number of fused-ring (bicyclic) bond motifs is 6. The summed E-state index contributed by atoms with van der Waals surface area (Å²) in [5.41, 5.74) is 17.2. The molecule has 6 saturated heterocycles. The van der Waals surface area contributed by atoms with E-state index < -0.39 is 89.9 Å². The molecular weight excluding hydrogens is 1460 g/mol. The van der Waals surface area contributed by atoms with Crippen molar-refractivity contribution in [2.75, 3.05) is 218 Å². The summed E-state index contributed by atoms with van der Waals surface area (Å²) in [6, 6.07) is 8.03. The molecule has 0 aliphatic carbocycles. The van der Waals surface area contributed by atoms with Crippen LogP contribution in [0.4, 0.5) is 0 Å². The molecule has 8 heterocycles. The van der Waals surface area contributed by atoms with Crippen molar-refractivity contribution in [1.82, 2.24) is 40.6 Å². The fraction of sp³-hybridized carbons (Fsp3) is 0.812. The molecule has 6 fully saturated rings. The third kappa shape index (κ3) is 28.7. The summed E-state index contributed by atoms with van der Waals surface area (Å²) >= 11 is 0. The van der Waals surface area contributed by atoms with E-state index in [1.165, 1.54) is 0 Å². The molecule has 0 radical (unpaired) electrons. The van der Waals surface area contributed by atoms with Gasteiger partial charge >= 0.3 is 0 Å². The summed E-state index contributed by atoms with van der Waals surface area (Å²) in [5, 5.41) is 89.1. The second-order valence-corrected chi connectivity index (χ2v) is 27.2. The number of aromatic nitrogens is 6. The molecule has 3 aromatic rings. The average Bonchev–Trinajstić information content (AvgIpc) is 1.61. The molecule has 1 aromatic carbocycles. The normalized spacial score (nSPS) is 27.6. The zero-order valence-electron chi connectivity index (χ0n) is 62.3. The highest BCUT2D eigenvalue weighted by Gasteiger charge is 2.60. The molecule has 15 atom stereocenters. The molecule has 1 amide bonds. The molecule has 1 unspecified atom stereocenters. The van der Waals surface area contributed by atoms with Crippen LogP contribution in [0.15, 0.2) is 59.7 Å². The van der Waals surface area contributed by atoms with Crippen LogP contribution in [-0.2, 0) is 142 Å². The second kappa shape index (κ2) is 48.3. The number of nitrogens with one attached hydrogen (secondary N) is 3. The standard InChI is InChI=1S/C69H114N12O29/c70-57-59(84)62(87)68(48-106-64(57)109-68)45-100-31-28-96-24-21-92-18-15-89-12-8-73-34-51(75-72)38-102-41-66(74-55(83)7-4-11-98-37-50-5-2-1-3-6-50,42-103-39-52-35-80(78-76-52)9-13-90-16-19-93-22-25-95-27-30-99-44-67-47-105-56(108-67)33-54(82)61(67)86)43-104-40-53-36-81(79-77-53)10-14-91-17-20-94-23-26-97-29-32-101-46-69-49-107-65(110-69)58(71)60(85)63(69)88/h1-3,5-6,34-36,54,56-65,72-73,82,84-88H,4,7-33,37-49,70-71H2,(H,74,83)/b51-34-,75-72?/t54-,56+,57-,58-,59-,60-,61-,62-,63-,64-,65+,66?,67+,68+,69+/m1/s1. The number of carbonyl (C=O) groups is 1. The van der Waals surface area contributed by atoms with E-state index in [9.17, 15) is 35.4 Å². The van der Waals surface area contributed by atoms with E-state index in [2.05, 4.69) is 36.4 Å². The van der Waals surface area contributed by atoms with Crippen LogP contribution in [0.25, 0.3) is 0 Å². The number of rotatable bonds is 63. The molecule has 9 rings (SSSR count). The van der Waals surface area contributed by atoms with Gasteiger partial charge in [-0.15, -0.1) is 10.2 Å². The van der Waals surface area contributed by atoms with Gasteiger partial charge in [0.25, 0.3) is 0 Å². The Kier molecular flexibility index (Phi) is 39.0. The van der Waals surface area contributed by atoms with E-state index in [1.807, 2.05) is 30.3 Å². The molecule has 0 saturated carbocycles. The zero-order valence-corrected chi connectivity index (χ0v) is 62.3. The van der Waals surface area contributed by atoms with Crippen molar-refractivity contribution in [2.24, 2.45) is 16.6 Å². The number of carbonyl (C=O) groups excluding carboxylic acids is 1. The first kappa shape index (κ1) is 88.9. The van der Waals surface area contributed by atoms with Crippen molar-refractivity contribution in [1.29, 1.82) is 5.53 Å². The monoisotopic (exact) mass is 1570 g/mol. The minimum absolute atomic E-state index is 0.00352. The van der Waals surface area contributed by atoms with E-state index in [0.717, 1.165) is 5.56 Å². The van der Waals surface area contributed by atoms with Crippen molar-refractivity contribution in [3.63, 3.8) is 0 Å². The smallest absolute Gasteiger partial charge is 0.220 e.